The zero-order chi connectivity index (χ0) is 12.7. The summed E-state index contributed by atoms with van der Waals surface area (Å²) in [6.07, 6.45) is 0.414. The van der Waals surface area contributed by atoms with Gasteiger partial charge in [-0.15, -0.1) is 0 Å². The van der Waals surface area contributed by atoms with Crippen LogP contribution >= 0.6 is 0 Å². The van der Waals surface area contributed by atoms with Crippen molar-refractivity contribution in [3.8, 4) is 0 Å². The predicted octanol–water partition coefficient (Wildman–Crippen LogP) is 0.776. The molecule has 0 aliphatic rings. The normalized spacial score (nSPS) is 14.8. The Bertz CT molecular complexity index is 230. The first-order chi connectivity index (χ1) is 7.36. The Hall–Kier alpha value is -0.910. The molecule has 0 bridgehead atoms. The summed E-state index contributed by atoms with van der Waals surface area (Å²) in [6.45, 7) is 7.13. The summed E-state index contributed by atoms with van der Waals surface area (Å²) in [6, 6.07) is 0. The molecule has 0 aliphatic heterocycles. The number of aliphatic hydroxyl groups excluding tert-OH is 2. The largest absolute Gasteiger partial charge is 0.478 e. The second-order valence-corrected chi connectivity index (χ2v) is 3.87. The lowest BCUT2D eigenvalue weighted by atomic mass is 10.1. The fraction of sp³-hybridized carbons (Fsp3) is 0.727. The van der Waals surface area contributed by atoms with Crippen molar-refractivity contribution in [1.82, 2.24) is 4.90 Å². The van der Waals surface area contributed by atoms with Crippen LogP contribution in [-0.4, -0.2) is 45.2 Å². The van der Waals surface area contributed by atoms with Crippen LogP contribution in [0.3, 0.4) is 0 Å². The van der Waals surface area contributed by atoms with Crippen LogP contribution in [0.25, 0.3) is 0 Å². The molecule has 5 heteroatoms. The van der Waals surface area contributed by atoms with Gasteiger partial charge < -0.3 is 15.3 Å². The maximum Gasteiger partial charge on any atom is 0.330 e. The first-order valence-electron chi connectivity index (χ1n) is 5.39. The quantitative estimate of drug-likeness (QED) is 0.327. The van der Waals surface area contributed by atoms with Crippen molar-refractivity contribution in [3.05, 3.63) is 12.2 Å². The van der Waals surface area contributed by atoms with Gasteiger partial charge in [-0.25, -0.2) is 4.79 Å². The van der Waals surface area contributed by atoms with E-state index in [1.54, 1.807) is 13.8 Å². The van der Waals surface area contributed by atoms with E-state index < -0.39 is 18.4 Å². The molecule has 0 heterocycles. The summed E-state index contributed by atoms with van der Waals surface area (Å²) >= 11 is 0. The molecule has 0 aromatic rings. The minimum Gasteiger partial charge on any atom is -0.478 e. The molecule has 3 N–H and O–H groups in total. The summed E-state index contributed by atoms with van der Waals surface area (Å²) in [5.74, 6) is -0.970. The van der Waals surface area contributed by atoms with Crippen molar-refractivity contribution in [1.29, 1.82) is 0 Å². The Balaban J connectivity index is 3.79. The molecule has 0 aliphatic carbocycles. The van der Waals surface area contributed by atoms with Gasteiger partial charge in [0.2, 0.25) is 0 Å². The second kappa shape index (κ2) is 7.38. The molecule has 0 saturated carbocycles. The lowest BCUT2D eigenvalue weighted by Gasteiger charge is -2.27. The van der Waals surface area contributed by atoms with Gasteiger partial charge in [-0.2, -0.15) is 0 Å². The molecule has 2 atom stereocenters. The zero-order valence-corrected chi connectivity index (χ0v) is 9.89. The number of carboxylic acid groups (broad SMARTS) is 1. The van der Waals surface area contributed by atoms with E-state index in [0.717, 1.165) is 0 Å². The molecule has 0 aromatic heterocycles. The number of hydrogen-bond acceptors (Lipinski definition) is 4. The SMILES string of the molecule is C=C(CCCCN(C(C)O)C(C)O)C(=O)O. The smallest absolute Gasteiger partial charge is 0.330 e. The molecular formula is C11H21NO4. The average Bonchev–Trinajstić information content (AvgIpc) is 2.15. The third-order valence-electron chi connectivity index (χ3n) is 2.41. The molecule has 0 rings (SSSR count). The van der Waals surface area contributed by atoms with Gasteiger partial charge in [0.05, 0.1) is 0 Å². The second-order valence-electron chi connectivity index (χ2n) is 3.87. The van der Waals surface area contributed by atoms with Crippen LogP contribution in [0.15, 0.2) is 12.2 Å². The van der Waals surface area contributed by atoms with E-state index in [-0.39, 0.29) is 5.57 Å². The van der Waals surface area contributed by atoms with Crippen LogP contribution in [-0.2, 0) is 4.79 Å². The van der Waals surface area contributed by atoms with E-state index in [0.29, 0.717) is 25.8 Å². The van der Waals surface area contributed by atoms with Crippen molar-refractivity contribution >= 4 is 5.97 Å². The third-order valence-corrected chi connectivity index (χ3v) is 2.41. The molecule has 5 nitrogen and oxygen atoms in total. The summed E-state index contributed by atoms with van der Waals surface area (Å²) in [5.41, 5.74) is 0.195. The summed E-state index contributed by atoms with van der Waals surface area (Å²) in [4.78, 5) is 12.0. The molecular weight excluding hydrogens is 210 g/mol. The Labute approximate surface area is 96.0 Å². The van der Waals surface area contributed by atoms with Gasteiger partial charge in [0, 0.05) is 12.1 Å². The molecule has 2 unspecified atom stereocenters. The van der Waals surface area contributed by atoms with Gasteiger partial charge in [0.15, 0.2) is 0 Å². The Kier molecular flexibility index (Phi) is 6.96. The van der Waals surface area contributed by atoms with Crippen molar-refractivity contribution < 1.29 is 20.1 Å². The van der Waals surface area contributed by atoms with Crippen molar-refractivity contribution in [2.45, 2.75) is 45.6 Å². The van der Waals surface area contributed by atoms with Gasteiger partial charge in [0.1, 0.15) is 12.5 Å². The van der Waals surface area contributed by atoms with E-state index >= 15 is 0 Å². The topological polar surface area (TPSA) is 81.0 Å². The van der Waals surface area contributed by atoms with Crippen LogP contribution in [0.2, 0.25) is 0 Å². The Morgan fingerprint density at radius 3 is 2.12 bits per heavy atom. The van der Waals surface area contributed by atoms with Crippen molar-refractivity contribution in [2.75, 3.05) is 6.54 Å². The molecule has 0 saturated heterocycles. The highest BCUT2D eigenvalue weighted by Crippen LogP contribution is 2.08. The standard InChI is InChI=1S/C11H21NO4/c1-8(11(15)16)6-4-5-7-12(9(2)13)10(3)14/h9-10,13-14H,1,4-7H2,2-3H3,(H,15,16). The van der Waals surface area contributed by atoms with Crippen LogP contribution in [0.4, 0.5) is 0 Å². The molecule has 16 heavy (non-hydrogen) atoms. The number of carboxylic acids is 1. The number of aliphatic carboxylic acids is 1. The number of carbonyl (C=O) groups is 1. The fourth-order valence-corrected chi connectivity index (χ4v) is 1.43. The summed E-state index contributed by atoms with van der Waals surface area (Å²) in [7, 11) is 0. The number of nitrogens with zero attached hydrogens (tertiary/aromatic N) is 1. The van der Waals surface area contributed by atoms with Gasteiger partial charge in [-0.05, 0) is 33.1 Å². The first-order valence-corrected chi connectivity index (χ1v) is 5.39. The Morgan fingerprint density at radius 2 is 1.75 bits per heavy atom. The highest BCUT2D eigenvalue weighted by molar-refractivity contribution is 5.85. The summed E-state index contributed by atoms with van der Waals surface area (Å²) < 4.78 is 0. The van der Waals surface area contributed by atoms with E-state index in [1.165, 1.54) is 4.90 Å². The molecule has 0 fully saturated rings. The average molecular weight is 231 g/mol. The van der Waals surface area contributed by atoms with Crippen LogP contribution in [0.5, 0.6) is 0 Å². The lowest BCUT2D eigenvalue weighted by Crippen LogP contribution is -2.40. The molecule has 0 spiro atoms. The maximum atomic E-state index is 10.5. The van der Waals surface area contributed by atoms with Crippen LogP contribution in [0, 0.1) is 0 Å². The molecule has 94 valence electrons. The van der Waals surface area contributed by atoms with E-state index in [4.69, 9.17) is 5.11 Å². The molecule has 0 radical (unpaired) electrons. The van der Waals surface area contributed by atoms with E-state index in [2.05, 4.69) is 6.58 Å². The maximum absolute atomic E-state index is 10.5. The molecule has 0 amide bonds. The third kappa shape index (κ3) is 5.85. The summed E-state index contributed by atoms with van der Waals surface area (Å²) in [5, 5.41) is 27.2. The highest BCUT2D eigenvalue weighted by atomic mass is 16.4. The highest BCUT2D eigenvalue weighted by Gasteiger charge is 2.15. The van der Waals surface area contributed by atoms with Crippen molar-refractivity contribution in [3.63, 3.8) is 0 Å². The number of rotatable bonds is 8. The number of hydrogen-bond donors (Lipinski definition) is 3. The van der Waals surface area contributed by atoms with Crippen LogP contribution in [0.1, 0.15) is 33.1 Å². The number of aliphatic hydroxyl groups is 2. The van der Waals surface area contributed by atoms with E-state index in [1.807, 2.05) is 0 Å². The fourth-order valence-electron chi connectivity index (χ4n) is 1.43. The minimum atomic E-state index is -0.970. The molecule has 0 aromatic carbocycles. The van der Waals surface area contributed by atoms with E-state index in [9.17, 15) is 15.0 Å². The number of unbranched alkanes of at least 4 members (excludes halogenated alkanes) is 1. The van der Waals surface area contributed by atoms with Gasteiger partial charge >= 0.3 is 5.97 Å². The monoisotopic (exact) mass is 231 g/mol. The minimum absolute atomic E-state index is 0.195. The van der Waals surface area contributed by atoms with Gasteiger partial charge in [0.25, 0.3) is 0 Å². The lowest BCUT2D eigenvalue weighted by molar-refractivity contribution is -0.132. The predicted molar refractivity (Wildman–Crippen MR) is 60.7 cm³/mol. The van der Waals surface area contributed by atoms with Gasteiger partial charge in [-0.3, -0.25) is 4.90 Å². The Morgan fingerprint density at radius 1 is 1.25 bits per heavy atom. The zero-order valence-electron chi connectivity index (χ0n) is 9.89. The van der Waals surface area contributed by atoms with Crippen LogP contribution < -0.4 is 0 Å². The van der Waals surface area contributed by atoms with Gasteiger partial charge in [-0.1, -0.05) is 6.58 Å². The first kappa shape index (κ1) is 15.1. The van der Waals surface area contributed by atoms with Crippen molar-refractivity contribution in [2.24, 2.45) is 0 Å².